The van der Waals surface area contributed by atoms with Crippen molar-refractivity contribution in [2.24, 2.45) is 0 Å². The fourth-order valence-electron chi connectivity index (χ4n) is 2.20. The molecule has 1 heterocycles. The smallest absolute Gasteiger partial charge is 0.270 e. The SMILES string of the molecule is CCC(C)NC(=O)c1cc(C)nc(NCCc2ccc(Cl)cc2Cl)n1. The van der Waals surface area contributed by atoms with Crippen molar-refractivity contribution in [3.05, 3.63) is 51.3 Å². The van der Waals surface area contributed by atoms with E-state index in [1.807, 2.05) is 32.9 Å². The summed E-state index contributed by atoms with van der Waals surface area (Å²) in [5.74, 6) is 0.239. The summed E-state index contributed by atoms with van der Waals surface area (Å²) in [6, 6.07) is 7.21. The van der Waals surface area contributed by atoms with Crippen molar-refractivity contribution in [3.8, 4) is 0 Å². The van der Waals surface area contributed by atoms with Crippen LogP contribution in [0.3, 0.4) is 0 Å². The number of carbonyl (C=O) groups excluding carboxylic acids is 1. The highest BCUT2D eigenvalue weighted by Gasteiger charge is 2.12. The Balaban J connectivity index is 2.01. The predicted molar refractivity (Wildman–Crippen MR) is 103 cm³/mol. The van der Waals surface area contributed by atoms with Crippen molar-refractivity contribution in [1.82, 2.24) is 15.3 Å². The van der Waals surface area contributed by atoms with Crippen LogP contribution in [-0.2, 0) is 6.42 Å². The van der Waals surface area contributed by atoms with Crippen LogP contribution in [0.5, 0.6) is 0 Å². The number of amides is 1. The van der Waals surface area contributed by atoms with Gasteiger partial charge < -0.3 is 10.6 Å². The number of anilines is 1. The number of nitrogens with zero attached hydrogens (tertiary/aromatic N) is 2. The van der Waals surface area contributed by atoms with Crippen LogP contribution in [0.1, 0.15) is 42.0 Å². The molecule has 7 heteroatoms. The van der Waals surface area contributed by atoms with Gasteiger partial charge in [0.15, 0.2) is 0 Å². The summed E-state index contributed by atoms with van der Waals surface area (Å²) in [4.78, 5) is 20.9. The topological polar surface area (TPSA) is 66.9 Å². The Morgan fingerprint density at radius 3 is 2.68 bits per heavy atom. The number of rotatable bonds is 7. The Bertz CT molecular complexity index is 752. The van der Waals surface area contributed by atoms with Gasteiger partial charge in [-0.25, -0.2) is 9.97 Å². The minimum absolute atomic E-state index is 0.103. The monoisotopic (exact) mass is 380 g/mol. The van der Waals surface area contributed by atoms with Crippen LogP contribution < -0.4 is 10.6 Å². The van der Waals surface area contributed by atoms with Gasteiger partial charge in [-0.2, -0.15) is 0 Å². The lowest BCUT2D eigenvalue weighted by molar-refractivity contribution is 0.0934. The van der Waals surface area contributed by atoms with E-state index in [1.54, 1.807) is 12.1 Å². The average molecular weight is 381 g/mol. The predicted octanol–water partition coefficient (Wildman–Crippen LogP) is 4.27. The second-order valence-electron chi connectivity index (χ2n) is 5.91. The van der Waals surface area contributed by atoms with E-state index >= 15 is 0 Å². The summed E-state index contributed by atoms with van der Waals surface area (Å²) in [5.41, 5.74) is 2.08. The molecule has 1 aromatic carbocycles. The summed E-state index contributed by atoms with van der Waals surface area (Å²) < 4.78 is 0. The van der Waals surface area contributed by atoms with Crippen molar-refractivity contribution in [3.63, 3.8) is 0 Å². The zero-order valence-corrected chi connectivity index (χ0v) is 16.1. The van der Waals surface area contributed by atoms with Crippen molar-refractivity contribution in [2.75, 3.05) is 11.9 Å². The van der Waals surface area contributed by atoms with Crippen molar-refractivity contribution >= 4 is 35.1 Å². The molecule has 0 aliphatic carbocycles. The van der Waals surface area contributed by atoms with Gasteiger partial charge >= 0.3 is 0 Å². The van der Waals surface area contributed by atoms with Crippen LogP contribution in [0.4, 0.5) is 5.95 Å². The van der Waals surface area contributed by atoms with Gasteiger partial charge in [0.25, 0.3) is 5.91 Å². The van der Waals surface area contributed by atoms with E-state index in [0.717, 1.165) is 17.7 Å². The molecule has 0 aliphatic heterocycles. The van der Waals surface area contributed by atoms with E-state index in [2.05, 4.69) is 20.6 Å². The first-order valence-corrected chi connectivity index (χ1v) is 8.99. The van der Waals surface area contributed by atoms with Crippen LogP contribution >= 0.6 is 23.2 Å². The molecule has 0 spiro atoms. The normalized spacial score (nSPS) is 11.9. The third kappa shape index (κ3) is 5.87. The molecular formula is C18H22Cl2N4O. The lowest BCUT2D eigenvalue weighted by Crippen LogP contribution is -2.32. The van der Waals surface area contributed by atoms with E-state index in [4.69, 9.17) is 23.2 Å². The van der Waals surface area contributed by atoms with Crippen LogP contribution in [0, 0.1) is 6.92 Å². The fraction of sp³-hybridized carbons (Fsp3) is 0.389. The number of carbonyl (C=O) groups is 1. The highest BCUT2D eigenvalue weighted by molar-refractivity contribution is 6.35. The van der Waals surface area contributed by atoms with E-state index in [0.29, 0.717) is 34.7 Å². The van der Waals surface area contributed by atoms with Crippen LogP contribution in [0.2, 0.25) is 10.0 Å². The maximum Gasteiger partial charge on any atom is 0.270 e. The highest BCUT2D eigenvalue weighted by atomic mass is 35.5. The third-order valence-corrected chi connectivity index (χ3v) is 4.36. The van der Waals surface area contributed by atoms with Gasteiger partial charge in [-0.1, -0.05) is 36.2 Å². The summed E-state index contributed by atoms with van der Waals surface area (Å²) >= 11 is 12.1. The van der Waals surface area contributed by atoms with Gasteiger partial charge in [-0.05, 0) is 50.5 Å². The average Bonchev–Trinajstić information content (AvgIpc) is 2.56. The highest BCUT2D eigenvalue weighted by Crippen LogP contribution is 2.21. The Kier molecular flexibility index (Phi) is 7.02. The van der Waals surface area contributed by atoms with E-state index in [9.17, 15) is 4.79 Å². The summed E-state index contributed by atoms with van der Waals surface area (Å²) in [7, 11) is 0. The molecule has 2 N–H and O–H groups in total. The van der Waals surface area contributed by atoms with Crippen LogP contribution in [-0.4, -0.2) is 28.5 Å². The summed E-state index contributed by atoms with van der Waals surface area (Å²) in [6.07, 6.45) is 1.56. The lowest BCUT2D eigenvalue weighted by Gasteiger charge is -2.12. The molecule has 0 radical (unpaired) electrons. The van der Waals surface area contributed by atoms with Gasteiger partial charge in [-0.3, -0.25) is 4.79 Å². The maximum atomic E-state index is 12.2. The Labute approximate surface area is 158 Å². The quantitative estimate of drug-likeness (QED) is 0.752. The number of hydrogen-bond donors (Lipinski definition) is 2. The Hall–Kier alpha value is -1.85. The molecule has 2 rings (SSSR count). The third-order valence-electron chi connectivity index (χ3n) is 3.77. The molecule has 0 bridgehead atoms. The molecule has 134 valence electrons. The van der Waals surface area contributed by atoms with Crippen LogP contribution in [0.15, 0.2) is 24.3 Å². The van der Waals surface area contributed by atoms with Gasteiger partial charge in [0, 0.05) is 28.3 Å². The molecule has 1 atom stereocenters. The molecule has 1 unspecified atom stereocenters. The van der Waals surface area contributed by atoms with Crippen molar-refractivity contribution in [1.29, 1.82) is 0 Å². The molecule has 25 heavy (non-hydrogen) atoms. The molecule has 0 saturated carbocycles. The molecular weight excluding hydrogens is 359 g/mol. The Morgan fingerprint density at radius 2 is 2.00 bits per heavy atom. The van der Waals surface area contributed by atoms with Crippen molar-refractivity contribution in [2.45, 2.75) is 39.7 Å². The lowest BCUT2D eigenvalue weighted by atomic mass is 10.1. The molecule has 0 saturated heterocycles. The largest absolute Gasteiger partial charge is 0.354 e. The molecule has 5 nitrogen and oxygen atoms in total. The number of aryl methyl sites for hydroxylation is 1. The second-order valence-corrected chi connectivity index (χ2v) is 6.76. The molecule has 2 aromatic rings. The number of hydrogen-bond acceptors (Lipinski definition) is 4. The molecule has 0 fully saturated rings. The first-order valence-electron chi connectivity index (χ1n) is 8.23. The van der Waals surface area contributed by atoms with E-state index in [1.165, 1.54) is 0 Å². The minimum Gasteiger partial charge on any atom is -0.354 e. The zero-order valence-electron chi connectivity index (χ0n) is 14.6. The maximum absolute atomic E-state index is 12.2. The van der Waals surface area contributed by atoms with Gasteiger partial charge in [-0.15, -0.1) is 0 Å². The first-order chi connectivity index (χ1) is 11.9. The van der Waals surface area contributed by atoms with Gasteiger partial charge in [0.1, 0.15) is 5.69 Å². The number of nitrogens with one attached hydrogen (secondary N) is 2. The summed E-state index contributed by atoms with van der Waals surface area (Å²) in [6.45, 7) is 6.41. The number of aromatic nitrogens is 2. The number of halogens is 2. The molecule has 1 amide bonds. The minimum atomic E-state index is -0.191. The number of benzene rings is 1. The Morgan fingerprint density at radius 1 is 1.24 bits per heavy atom. The standard InChI is InChI=1S/C18H22Cl2N4O/c1-4-11(2)22-17(25)16-9-12(3)23-18(24-16)21-8-7-13-5-6-14(19)10-15(13)20/h5-6,9-11H,4,7-8H2,1-3H3,(H,22,25)(H,21,23,24). The second kappa shape index (κ2) is 9.02. The van der Waals surface area contributed by atoms with Crippen LogP contribution in [0.25, 0.3) is 0 Å². The van der Waals surface area contributed by atoms with E-state index in [-0.39, 0.29) is 11.9 Å². The fourth-order valence-corrected chi connectivity index (χ4v) is 2.70. The molecule has 0 aliphatic rings. The molecule has 1 aromatic heterocycles. The van der Waals surface area contributed by atoms with Crippen molar-refractivity contribution < 1.29 is 4.79 Å². The first kappa shape index (κ1) is 19.5. The van der Waals surface area contributed by atoms with Gasteiger partial charge in [0.2, 0.25) is 5.95 Å². The summed E-state index contributed by atoms with van der Waals surface area (Å²) in [5, 5.41) is 7.30. The zero-order chi connectivity index (χ0) is 18.4. The van der Waals surface area contributed by atoms with Gasteiger partial charge in [0.05, 0.1) is 0 Å². The van der Waals surface area contributed by atoms with E-state index < -0.39 is 0 Å².